The van der Waals surface area contributed by atoms with Crippen molar-refractivity contribution >= 4 is 5.91 Å². The quantitative estimate of drug-likeness (QED) is 0.790. The highest BCUT2D eigenvalue weighted by Gasteiger charge is 2.11. The molecule has 1 saturated heterocycles. The van der Waals surface area contributed by atoms with Gasteiger partial charge in [0.25, 0.3) is 5.91 Å². The lowest BCUT2D eigenvalue weighted by molar-refractivity contribution is 0.0383. The molecular weight excluding hydrogens is 290 g/mol. The van der Waals surface area contributed by atoms with Gasteiger partial charge < -0.3 is 10.1 Å². The van der Waals surface area contributed by atoms with Gasteiger partial charge in [0.2, 0.25) is 0 Å². The Balaban J connectivity index is 1.75. The molecule has 5 nitrogen and oxygen atoms in total. The summed E-state index contributed by atoms with van der Waals surface area (Å²) in [6, 6.07) is 7.94. The van der Waals surface area contributed by atoms with E-state index in [1.807, 2.05) is 12.1 Å². The molecule has 23 heavy (non-hydrogen) atoms. The van der Waals surface area contributed by atoms with E-state index in [4.69, 9.17) is 4.74 Å². The Bertz CT molecular complexity index is 466. The first kappa shape index (κ1) is 17.9. The highest BCUT2D eigenvalue weighted by Crippen LogP contribution is 2.07. The van der Waals surface area contributed by atoms with Crippen molar-refractivity contribution in [2.24, 2.45) is 0 Å². The number of hydrogen-bond donors (Lipinski definition) is 1. The standard InChI is InChI=1S/C18H29N3O2/c1-3-20(4-2)15-16-5-7-17(8-6-16)18(22)19-9-10-21-11-13-23-14-12-21/h5-8H,3-4,9-15H2,1-2H3,(H,19,22). The summed E-state index contributed by atoms with van der Waals surface area (Å²) >= 11 is 0. The van der Waals surface area contributed by atoms with Crippen molar-refractivity contribution in [3.05, 3.63) is 35.4 Å². The molecule has 1 aliphatic rings. The van der Waals surface area contributed by atoms with Gasteiger partial charge in [0.15, 0.2) is 0 Å². The minimum Gasteiger partial charge on any atom is -0.379 e. The van der Waals surface area contributed by atoms with Crippen LogP contribution in [0.2, 0.25) is 0 Å². The lowest BCUT2D eigenvalue weighted by Crippen LogP contribution is -2.41. The minimum atomic E-state index is 0.00708. The molecule has 2 rings (SSSR count). The number of carbonyl (C=O) groups is 1. The number of ether oxygens (including phenoxy) is 1. The molecule has 1 fully saturated rings. The van der Waals surface area contributed by atoms with Crippen molar-refractivity contribution in [3.8, 4) is 0 Å². The van der Waals surface area contributed by atoms with Gasteiger partial charge in [0, 0.05) is 38.3 Å². The minimum absolute atomic E-state index is 0.00708. The van der Waals surface area contributed by atoms with E-state index in [1.165, 1.54) is 5.56 Å². The van der Waals surface area contributed by atoms with Crippen molar-refractivity contribution in [2.75, 3.05) is 52.5 Å². The summed E-state index contributed by atoms with van der Waals surface area (Å²) in [7, 11) is 0. The van der Waals surface area contributed by atoms with Crippen LogP contribution in [0, 0.1) is 0 Å². The maximum atomic E-state index is 12.2. The molecule has 0 radical (unpaired) electrons. The van der Waals surface area contributed by atoms with Gasteiger partial charge in [0.05, 0.1) is 13.2 Å². The average Bonchev–Trinajstić information content (AvgIpc) is 2.61. The van der Waals surface area contributed by atoms with Gasteiger partial charge in [-0.1, -0.05) is 26.0 Å². The molecule has 0 spiro atoms. The number of carbonyl (C=O) groups excluding carboxylic acids is 1. The Morgan fingerprint density at radius 1 is 1.17 bits per heavy atom. The molecule has 1 aliphatic heterocycles. The molecule has 1 heterocycles. The van der Waals surface area contributed by atoms with E-state index in [1.54, 1.807) is 0 Å². The van der Waals surface area contributed by atoms with E-state index in [0.29, 0.717) is 6.54 Å². The predicted octanol–water partition coefficient (Wildman–Crippen LogP) is 1.59. The molecule has 1 aromatic carbocycles. The normalized spacial score (nSPS) is 15.8. The summed E-state index contributed by atoms with van der Waals surface area (Å²) in [4.78, 5) is 16.8. The number of benzene rings is 1. The number of rotatable bonds is 8. The maximum Gasteiger partial charge on any atom is 0.251 e. The first-order chi connectivity index (χ1) is 11.2. The van der Waals surface area contributed by atoms with Crippen LogP contribution in [0.4, 0.5) is 0 Å². The zero-order chi connectivity index (χ0) is 16.5. The third-order valence-electron chi connectivity index (χ3n) is 4.33. The Kier molecular flexibility index (Phi) is 7.52. The molecule has 1 N–H and O–H groups in total. The van der Waals surface area contributed by atoms with Gasteiger partial charge in [-0.3, -0.25) is 14.6 Å². The second kappa shape index (κ2) is 9.65. The van der Waals surface area contributed by atoms with Crippen molar-refractivity contribution in [1.82, 2.24) is 15.1 Å². The SMILES string of the molecule is CCN(CC)Cc1ccc(C(=O)NCCN2CCOCC2)cc1. The van der Waals surface area contributed by atoms with Gasteiger partial charge in [-0.05, 0) is 30.8 Å². The summed E-state index contributed by atoms with van der Waals surface area (Å²) < 4.78 is 5.32. The van der Waals surface area contributed by atoms with Crippen LogP contribution in [-0.4, -0.2) is 68.2 Å². The Morgan fingerprint density at radius 2 is 1.83 bits per heavy atom. The summed E-state index contributed by atoms with van der Waals surface area (Å²) in [6.07, 6.45) is 0. The van der Waals surface area contributed by atoms with Crippen molar-refractivity contribution in [2.45, 2.75) is 20.4 Å². The number of nitrogens with zero attached hydrogens (tertiary/aromatic N) is 2. The number of morpholine rings is 1. The largest absolute Gasteiger partial charge is 0.379 e. The topological polar surface area (TPSA) is 44.8 Å². The van der Waals surface area contributed by atoms with Gasteiger partial charge in [-0.15, -0.1) is 0 Å². The van der Waals surface area contributed by atoms with Gasteiger partial charge in [-0.25, -0.2) is 0 Å². The number of hydrogen-bond acceptors (Lipinski definition) is 4. The van der Waals surface area contributed by atoms with E-state index in [2.05, 4.69) is 41.1 Å². The molecule has 0 saturated carbocycles. The van der Waals surface area contributed by atoms with Crippen LogP contribution in [0.3, 0.4) is 0 Å². The fourth-order valence-electron chi connectivity index (χ4n) is 2.72. The van der Waals surface area contributed by atoms with E-state index >= 15 is 0 Å². The van der Waals surface area contributed by atoms with Crippen LogP contribution in [0.5, 0.6) is 0 Å². The predicted molar refractivity (Wildman–Crippen MR) is 92.7 cm³/mol. The summed E-state index contributed by atoms with van der Waals surface area (Å²) in [5, 5.41) is 3.00. The third kappa shape index (κ3) is 5.94. The van der Waals surface area contributed by atoms with Crippen molar-refractivity contribution in [1.29, 1.82) is 0 Å². The summed E-state index contributed by atoms with van der Waals surface area (Å²) in [5.41, 5.74) is 1.98. The first-order valence-corrected chi connectivity index (χ1v) is 8.62. The molecule has 0 aromatic heterocycles. The van der Waals surface area contributed by atoms with Gasteiger partial charge in [0.1, 0.15) is 0 Å². The molecule has 128 valence electrons. The van der Waals surface area contributed by atoms with E-state index in [-0.39, 0.29) is 5.91 Å². The van der Waals surface area contributed by atoms with Crippen LogP contribution >= 0.6 is 0 Å². The number of nitrogens with one attached hydrogen (secondary N) is 1. The smallest absolute Gasteiger partial charge is 0.251 e. The monoisotopic (exact) mass is 319 g/mol. The molecule has 1 aromatic rings. The zero-order valence-electron chi connectivity index (χ0n) is 14.4. The lowest BCUT2D eigenvalue weighted by Gasteiger charge is -2.26. The highest BCUT2D eigenvalue weighted by molar-refractivity contribution is 5.94. The Labute approximate surface area is 139 Å². The van der Waals surface area contributed by atoms with Crippen LogP contribution in [-0.2, 0) is 11.3 Å². The highest BCUT2D eigenvalue weighted by atomic mass is 16.5. The molecule has 0 bridgehead atoms. The molecule has 0 aliphatic carbocycles. The third-order valence-corrected chi connectivity index (χ3v) is 4.33. The van der Waals surface area contributed by atoms with E-state index < -0.39 is 0 Å². The van der Waals surface area contributed by atoms with Crippen molar-refractivity contribution in [3.63, 3.8) is 0 Å². The Morgan fingerprint density at radius 3 is 2.43 bits per heavy atom. The second-order valence-corrected chi connectivity index (χ2v) is 5.87. The first-order valence-electron chi connectivity index (χ1n) is 8.62. The average molecular weight is 319 g/mol. The maximum absolute atomic E-state index is 12.2. The van der Waals surface area contributed by atoms with Crippen LogP contribution in [0.1, 0.15) is 29.8 Å². The number of amides is 1. The van der Waals surface area contributed by atoms with Crippen LogP contribution in [0.15, 0.2) is 24.3 Å². The van der Waals surface area contributed by atoms with Crippen LogP contribution < -0.4 is 5.32 Å². The molecule has 1 amide bonds. The van der Waals surface area contributed by atoms with Crippen molar-refractivity contribution < 1.29 is 9.53 Å². The summed E-state index contributed by atoms with van der Waals surface area (Å²) in [6.45, 7) is 12.4. The van der Waals surface area contributed by atoms with Gasteiger partial charge in [-0.2, -0.15) is 0 Å². The Hall–Kier alpha value is -1.43. The fraction of sp³-hybridized carbons (Fsp3) is 0.611. The zero-order valence-corrected chi connectivity index (χ0v) is 14.4. The van der Waals surface area contributed by atoms with E-state index in [0.717, 1.165) is 58.0 Å². The lowest BCUT2D eigenvalue weighted by atomic mass is 10.1. The molecule has 0 unspecified atom stereocenters. The molecular formula is C18H29N3O2. The van der Waals surface area contributed by atoms with E-state index in [9.17, 15) is 4.79 Å². The second-order valence-electron chi connectivity index (χ2n) is 5.87. The van der Waals surface area contributed by atoms with Crippen LogP contribution in [0.25, 0.3) is 0 Å². The van der Waals surface area contributed by atoms with Gasteiger partial charge >= 0.3 is 0 Å². The molecule has 5 heteroatoms. The fourth-order valence-corrected chi connectivity index (χ4v) is 2.72. The summed E-state index contributed by atoms with van der Waals surface area (Å²) in [5.74, 6) is 0.00708. The molecule has 0 atom stereocenters.